The molecule has 0 N–H and O–H groups in total. The molecule has 6 heteroatoms. The van der Waals surface area contributed by atoms with Gasteiger partial charge in [0.25, 0.3) is 5.56 Å². The standard InChI is InChI=1S/C26H25N3O3/c1-4-18(2)32-24-20(13-10-16-23(24)31-3)17-27-29-25(19-11-6-5-7-12-19)28-22-15-9-8-14-21(22)26(29)30/h5-18H,4H2,1-3H3/t18-/m1/s1. The maximum absolute atomic E-state index is 13.3. The first-order valence-electron chi connectivity index (χ1n) is 10.6. The quantitative estimate of drug-likeness (QED) is 0.384. The average molecular weight is 428 g/mol. The molecule has 0 saturated heterocycles. The summed E-state index contributed by atoms with van der Waals surface area (Å²) in [5.41, 5.74) is 1.90. The van der Waals surface area contributed by atoms with Gasteiger partial charge in [-0.25, -0.2) is 4.98 Å². The molecule has 0 unspecified atom stereocenters. The number of nitrogens with zero attached hydrogens (tertiary/aromatic N) is 3. The molecule has 0 aliphatic carbocycles. The molecule has 0 aliphatic heterocycles. The minimum atomic E-state index is -0.238. The van der Waals surface area contributed by atoms with Crippen molar-refractivity contribution in [1.29, 1.82) is 0 Å². The minimum absolute atomic E-state index is 0.00314. The van der Waals surface area contributed by atoms with Crippen LogP contribution in [0.4, 0.5) is 0 Å². The van der Waals surface area contributed by atoms with Gasteiger partial charge in [-0.15, -0.1) is 0 Å². The van der Waals surface area contributed by atoms with Gasteiger partial charge < -0.3 is 9.47 Å². The van der Waals surface area contributed by atoms with Crippen LogP contribution in [-0.4, -0.2) is 29.1 Å². The molecular weight excluding hydrogens is 402 g/mol. The van der Waals surface area contributed by atoms with Crippen LogP contribution >= 0.6 is 0 Å². The van der Waals surface area contributed by atoms with Gasteiger partial charge in [0.15, 0.2) is 17.3 Å². The van der Waals surface area contributed by atoms with Crippen molar-refractivity contribution in [2.75, 3.05) is 7.11 Å². The van der Waals surface area contributed by atoms with Gasteiger partial charge in [0.05, 0.1) is 30.3 Å². The first kappa shape index (κ1) is 21.3. The van der Waals surface area contributed by atoms with Gasteiger partial charge in [-0.2, -0.15) is 9.78 Å². The van der Waals surface area contributed by atoms with E-state index in [9.17, 15) is 4.79 Å². The minimum Gasteiger partial charge on any atom is -0.493 e. The molecule has 0 spiro atoms. The molecule has 32 heavy (non-hydrogen) atoms. The lowest BCUT2D eigenvalue weighted by molar-refractivity contribution is 0.207. The van der Waals surface area contributed by atoms with E-state index in [1.165, 1.54) is 4.68 Å². The molecule has 6 nitrogen and oxygen atoms in total. The fraction of sp³-hybridized carbons (Fsp3) is 0.192. The number of hydrogen-bond acceptors (Lipinski definition) is 5. The molecule has 1 heterocycles. The zero-order chi connectivity index (χ0) is 22.5. The second-order valence-corrected chi connectivity index (χ2v) is 7.40. The largest absolute Gasteiger partial charge is 0.493 e. The first-order chi connectivity index (χ1) is 15.6. The average Bonchev–Trinajstić information content (AvgIpc) is 2.84. The van der Waals surface area contributed by atoms with Gasteiger partial charge in [0.2, 0.25) is 0 Å². The van der Waals surface area contributed by atoms with E-state index in [0.717, 1.165) is 12.0 Å². The highest BCUT2D eigenvalue weighted by atomic mass is 16.5. The number of aromatic nitrogens is 2. The first-order valence-corrected chi connectivity index (χ1v) is 10.6. The van der Waals surface area contributed by atoms with Crippen LogP contribution in [0.15, 0.2) is 82.7 Å². The van der Waals surface area contributed by atoms with E-state index in [1.807, 2.05) is 73.7 Å². The Labute approximate surface area is 186 Å². The predicted octanol–water partition coefficient (Wildman–Crippen LogP) is 5.13. The molecule has 4 aromatic rings. The SMILES string of the molecule is CC[C@@H](C)Oc1c(C=Nn2c(-c3ccccc3)nc3ccccc3c2=O)cccc1OC. The van der Waals surface area contributed by atoms with E-state index in [2.05, 4.69) is 12.0 Å². The number of para-hydroxylation sites is 2. The summed E-state index contributed by atoms with van der Waals surface area (Å²) in [5.74, 6) is 1.68. The number of rotatable bonds is 7. The van der Waals surface area contributed by atoms with Crippen molar-refractivity contribution in [3.05, 3.63) is 88.7 Å². The third-order valence-electron chi connectivity index (χ3n) is 5.22. The van der Waals surface area contributed by atoms with E-state index in [4.69, 9.17) is 14.5 Å². The molecule has 1 aromatic heterocycles. The van der Waals surface area contributed by atoms with Gasteiger partial charge in [-0.3, -0.25) is 4.79 Å². The molecule has 0 radical (unpaired) electrons. The van der Waals surface area contributed by atoms with Crippen molar-refractivity contribution in [3.63, 3.8) is 0 Å². The van der Waals surface area contributed by atoms with Crippen LogP contribution in [0.3, 0.4) is 0 Å². The zero-order valence-corrected chi connectivity index (χ0v) is 18.4. The highest BCUT2D eigenvalue weighted by molar-refractivity contribution is 5.86. The fourth-order valence-corrected chi connectivity index (χ4v) is 3.33. The normalized spacial score (nSPS) is 12.2. The van der Waals surface area contributed by atoms with Crippen molar-refractivity contribution in [2.45, 2.75) is 26.4 Å². The van der Waals surface area contributed by atoms with Crippen LogP contribution in [0.1, 0.15) is 25.8 Å². The molecular formula is C26H25N3O3. The smallest absolute Gasteiger partial charge is 0.282 e. The Bertz CT molecular complexity index is 1310. The predicted molar refractivity (Wildman–Crippen MR) is 128 cm³/mol. The molecule has 4 rings (SSSR count). The van der Waals surface area contributed by atoms with Crippen LogP contribution in [0.2, 0.25) is 0 Å². The van der Waals surface area contributed by atoms with E-state index >= 15 is 0 Å². The van der Waals surface area contributed by atoms with Crippen LogP contribution in [-0.2, 0) is 0 Å². The Balaban J connectivity index is 1.88. The summed E-state index contributed by atoms with van der Waals surface area (Å²) >= 11 is 0. The van der Waals surface area contributed by atoms with Crippen LogP contribution in [0.25, 0.3) is 22.3 Å². The molecule has 162 valence electrons. The van der Waals surface area contributed by atoms with Crippen molar-refractivity contribution < 1.29 is 9.47 Å². The van der Waals surface area contributed by atoms with Crippen molar-refractivity contribution >= 4 is 17.1 Å². The lowest BCUT2D eigenvalue weighted by Crippen LogP contribution is -2.20. The maximum Gasteiger partial charge on any atom is 0.282 e. The Morgan fingerprint density at radius 3 is 2.53 bits per heavy atom. The Morgan fingerprint density at radius 2 is 1.78 bits per heavy atom. The third kappa shape index (κ3) is 4.25. The van der Waals surface area contributed by atoms with E-state index in [0.29, 0.717) is 33.8 Å². The lowest BCUT2D eigenvalue weighted by Gasteiger charge is -2.17. The molecule has 0 fully saturated rings. The van der Waals surface area contributed by atoms with Crippen LogP contribution < -0.4 is 15.0 Å². The molecule has 0 aliphatic rings. The molecule has 1 atom stereocenters. The summed E-state index contributed by atoms with van der Waals surface area (Å²) in [6.45, 7) is 4.05. The van der Waals surface area contributed by atoms with Gasteiger partial charge in [0, 0.05) is 11.1 Å². The lowest BCUT2D eigenvalue weighted by atomic mass is 10.2. The molecule has 0 amide bonds. The number of benzene rings is 3. The maximum atomic E-state index is 13.3. The van der Waals surface area contributed by atoms with Gasteiger partial charge >= 0.3 is 0 Å². The van der Waals surface area contributed by atoms with Gasteiger partial charge in [-0.1, -0.05) is 55.5 Å². The van der Waals surface area contributed by atoms with Crippen LogP contribution in [0, 0.1) is 0 Å². The summed E-state index contributed by atoms with van der Waals surface area (Å²) in [4.78, 5) is 18.1. The Kier molecular flexibility index (Phi) is 6.31. The van der Waals surface area contributed by atoms with Crippen molar-refractivity contribution in [2.24, 2.45) is 5.10 Å². The van der Waals surface area contributed by atoms with Gasteiger partial charge in [0.1, 0.15) is 0 Å². The van der Waals surface area contributed by atoms with Crippen molar-refractivity contribution in [1.82, 2.24) is 9.66 Å². The summed E-state index contributed by atoms with van der Waals surface area (Å²) < 4.78 is 12.9. The molecule has 0 saturated carbocycles. The number of hydrogen-bond donors (Lipinski definition) is 0. The second kappa shape index (κ2) is 9.47. The fourth-order valence-electron chi connectivity index (χ4n) is 3.33. The zero-order valence-electron chi connectivity index (χ0n) is 18.4. The number of fused-ring (bicyclic) bond motifs is 1. The van der Waals surface area contributed by atoms with Gasteiger partial charge in [-0.05, 0) is 37.6 Å². The van der Waals surface area contributed by atoms with E-state index in [-0.39, 0.29) is 11.7 Å². The summed E-state index contributed by atoms with van der Waals surface area (Å²) in [7, 11) is 1.60. The Morgan fingerprint density at radius 1 is 1.03 bits per heavy atom. The van der Waals surface area contributed by atoms with E-state index in [1.54, 1.807) is 19.4 Å². The third-order valence-corrected chi connectivity index (χ3v) is 5.22. The number of methoxy groups -OCH3 is 1. The molecule has 3 aromatic carbocycles. The number of ether oxygens (including phenoxy) is 2. The summed E-state index contributed by atoms with van der Waals surface area (Å²) in [5, 5.41) is 5.06. The van der Waals surface area contributed by atoms with E-state index < -0.39 is 0 Å². The molecule has 0 bridgehead atoms. The Hall–Kier alpha value is -3.93. The van der Waals surface area contributed by atoms with Crippen molar-refractivity contribution in [3.8, 4) is 22.9 Å². The summed E-state index contributed by atoms with van der Waals surface area (Å²) in [6.07, 6.45) is 2.47. The highest BCUT2D eigenvalue weighted by Crippen LogP contribution is 2.31. The monoisotopic (exact) mass is 427 g/mol. The van der Waals surface area contributed by atoms with Crippen LogP contribution in [0.5, 0.6) is 11.5 Å². The summed E-state index contributed by atoms with van der Waals surface area (Å²) in [6, 6.07) is 22.4. The highest BCUT2D eigenvalue weighted by Gasteiger charge is 2.14. The topological polar surface area (TPSA) is 65.7 Å². The second-order valence-electron chi connectivity index (χ2n) is 7.40.